The van der Waals surface area contributed by atoms with E-state index in [0.29, 0.717) is 11.5 Å². The maximum absolute atomic E-state index is 5.50. The molecular weight excluding hydrogens is 246 g/mol. The molecule has 1 aliphatic rings. The molecule has 2 heteroatoms. The second-order valence-electron chi connectivity index (χ2n) is 6.75. The fraction of sp³-hybridized carbons (Fsp3) is 0.667. The molecule has 2 rings (SSSR count). The lowest BCUT2D eigenvalue weighted by atomic mass is 9.65. The summed E-state index contributed by atoms with van der Waals surface area (Å²) in [6.45, 7) is 4.87. The molecule has 2 unspecified atom stereocenters. The van der Waals surface area contributed by atoms with E-state index in [1.807, 2.05) is 6.07 Å². The van der Waals surface area contributed by atoms with Gasteiger partial charge in [0.15, 0.2) is 0 Å². The van der Waals surface area contributed by atoms with Gasteiger partial charge in [-0.2, -0.15) is 0 Å². The standard InChI is InChI=1S/C18H29NO/c1-18(2)12-8-7-10-15(18)16(19-3)13-14-9-5-6-11-17(14)20-4/h5-6,9,11,15-16,19H,7-8,10,12-13H2,1-4H3. The molecular formula is C18H29NO. The maximum Gasteiger partial charge on any atom is 0.122 e. The monoisotopic (exact) mass is 275 g/mol. The van der Waals surface area contributed by atoms with Crippen molar-refractivity contribution in [2.24, 2.45) is 11.3 Å². The summed E-state index contributed by atoms with van der Waals surface area (Å²) in [5.74, 6) is 1.76. The SMILES string of the molecule is CNC(Cc1ccccc1OC)C1CCCCC1(C)C. The Labute approximate surface area is 123 Å². The zero-order valence-corrected chi connectivity index (χ0v) is 13.4. The van der Waals surface area contributed by atoms with Crippen molar-refractivity contribution in [2.75, 3.05) is 14.2 Å². The number of hydrogen-bond acceptors (Lipinski definition) is 2. The Kier molecular flexibility index (Phi) is 5.09. The Morgan fingerprint density at radius 3 is 2.70 bits per heavy atom. The van der Waals surface area contributed by atoms with E-state index < -0.39 is 0 Å². The fourth-order valence-corrected chi connectivity index (χ4v) is 3.82. The summed E-state index contributed by atoms with van der Waals surface area (Å²) < 4.78 is 5.50. The van der Waals surface area contributed by atoms with Crippen molar-refractivity contribution in [2.45, 2.75) is 52.0 Å². The second kappa shape index (κ2) is 6.62. The summed E-state index contributed by atoms with van der Waals surface area (Å²) >= 11 is 0. The number of ether oxygens (including phenoxy) is 1. The molecule has 2 atom stereocenters. The number of hydrogen-bond donors (Lipinski definition) is 1. The first-order valence-corrected chi connectivity index (χ1v) is 7.87. The Morgan fingerprint density at radius 1 is 1.30 bits per heavy atom. The molecule has 0 bridgehead atoms. The first kappa shape index (κ1) is 15.4. The number of benzene rings is 1. The highest BCUT2D eigenvalue weighted by molar-refractivity contribution is 5.34. The average molecular weight is 275 g/mol. The topological polar surface area (TPSA) is 21.3 Å². The Bertz CT molecular complexity index is 427. The van der Waals surface area contributed by atoms with Crippen LogP contribution in [0.4, 0.5) is 0 Å². The van der Waals surface area contributed by atoms with E-state index in [0.717, 1.165) is 18.1 Å². The number of methoxy groups -OCH3 is 1. The molecule has 0 saturated heterocycles. The van der Waals surface area contributed by atoms with E-state index in [9.17, 15) is 0 Å². The van der Waals surface area contributed by atoms with Gasteiger partial charge in [-0.15, -0.1) is 0 Å². The van der Waals surface area contributed by atoms with Crippen LogP contribution < -0.4 is 10.1 Å². The lowest BCUT2D eigenvalue weighted by Gasteiger charge is -2.43. The molecule has 0 spiro atoms. The van der Waals surface area contributed by atoms with Gasteiger partial charge in [-0.05, 0) is 49.3 Å². The van der Waals surface area contributed by atoms with Crippen LogP contribution in [0.25, 0.3) is 0 Å². The number of para-hydroxylation sites is 1. The van der Waals surface area contributed by atoms with E-state index in [1.54, 1.807) is 7.11 Å². The maximum atomic E-state index is 5.50. The Balaban J connectivity index is 2.16. The van der Waals surface area contributed by atoms with Crippen LogP contribution in [0.5, 0.6) is 5.75 Å². The molecule has 20 heavy (non-hydrogen) atoms. The lowest BCUT2D eigenvalue weighted by Crippen LogP contribution is -2.44. The third kappa shape index (κ3) is 3.35. The molecule has 1 aromatic rings. The summed E-state index contributed by atoms with van der Waals surface area (Å²) in [6, 6.07) is 8.94. The predicted molar refractivity (Wildman–Crippen MR) is 85.3 cm³/mol. The summed E-state index contributed by atoms with van der Waals surface area (Å²) in [6.07, 6.45) is 6.50. The third-order valence-electron chi connectivity index (χ3n) is 5.08. The van der Waals surface area contributed by atoms with Gasteiger partial charge in [0, 0.05) is 6.04 Å². The van der Waals surface area contributed by atoms with Crippen LogP contribution in [-0.2, 0) is 6.42 Å². The van der Waals surface area contributed by atoms with Crippen LogP contribution in [0.15, 0.2) is 24.3 Å². The average Bonchev–Trinajstić information content (AvgIpc) is 2.45. The van der Waals surface area contributed by atoms with Crippen LogP contribution in [0.2, 0.25) is 0 Å². The fourth-order valence-electron chi connectivity index (χ4n) is 3.82. The minimum Gasteiger partial charge on any atom is -0.496 e. The third-order valence-corrected chi connectivity index (χ3v) is 5.08. The van der Waals surface area contributed by atoms with Gasteiger partial charge in [0.2, 0.25) is 0 Å². The van der Waals surface area contributed by atoms with Gasteiger partial charge in [-0.1, -0.05) is 44.9 Å². The number of rotatable bonds is 5. The molecule has 112 valence electrons. The van der Waals surface area contributed by atoms with E-state index in [4.69, 9.17) is 4.74 Å². The van der Waals surface area contributed by atoms with Crippen molar-refractivity contribution in [3.63, 3.8) is 0 Å². The van der Waals surface area contributed by atoms with Crippen molar-refractivity contribution in [1.29, 1.82) is 0 Å². The molecule has 1 fully saturated rings. The first-order chi connectivity index (χ1) is 9.58. The van der Waals surface area contributed by atoms with Gasteiger partial charge in [-0.25, -0.2) is 0 Å². The van der Waals surface area contributed by atoms with E-state index in [1.165, 1.54) is 31.2 Å². The molecule has 0 radical (unpaired) electrons. The van der Waals surface area contributed by atoms with Gasteiger partial charge in [0.25, 0.3) is 0 Å². The minimum absolute atomic E-state index is 0.438. The molecule has 1 saturated carbocycles. The second-order valence-corrected chi connectivity index (χ2v) is 6.75. The zero-order valence-electron chi connectivity index (χ0n) is 13.4. The molecule has 0 heterocycles. The van der Waals surface area contributed by atoms with Crippen molar-refractivity contribution in [1.82, 2.24) is 5.32 Å². The quantitative estimate of drug-likeness (QED) is 0.875. The molecule has 1 N–H and O–H groups in total. The zero-order chi connectivity index (χ0) is 14.6. The normalized spacial score (nSPS) is 23.3. The van der Waals surface area contributed by atoms with Gasteiger partial charge < -0.3 is 10.1 Å². The number of nitrogens with one attached hydrogen (secondary N) is 1. The van der Waals surface area contributed by atoms with E-state index >= 15 is 0 Å². The molecule has 2 nitrogen and oxygen atoms in total. The van der Waals surface area contributed by atoms with Crippen LogP contribution >= 0.6 is 0 Å². The predicted octanol–water partition coefficient (Wildman–Crippen LogP) is 4.04. The molecule has 0 aliphatic heterocycles. The highest BCUT2D eigenvalue weighted by atomic mass is 16.5. The van der Waals surface area contributed by atoms with Gasteiger partial charge >= 0.3 is 0 Å². The van der Waals surface area contributed by atoms with Gasteiger partial charge in [0.1, 0.15) is 5.75 Å². The van der Waals surface area contributed by atoms with Gasteiger partial charge in [-0.3, -0.25) is 0 Å². The lowest BCUT2D eigenvalue weighted by molar-refractivity contribution is 0.101. The molecule has 0 amide bonds. The number of likely N-dealkylation sites (N-methyl/N-ethyl adjacent to an activating group) is 1. The van der Waals surface area contributed by atoms with E-state index in [2.05, 4.69) is 44.4 Å². The highest BCUT2D eigenvalue weighted by Gasteiger charge is 2.37. The Morgan fingerprint density at radius 2 is 2.05 bits per heavy atom. The van der Waals surface area contributed by atoms with E-state index in [-0.39, 0.29) is 0 Å². The van der Waals surface area contributed by atoms with Crippen molar-refractivity contribution >= 4 is 0 Å². The first-order valence-electron chi connectivity index (χ1n) is 7.87. The van der Waals surface area contributed by atoms with Crippen LogP contribution in [0.1, 0.15) is 45.1 Å². The largest absolute Gasteiger partial charge is 0.496 e. The molecule has 1 aromatic carbocycles. The smallest absolute Gasteiger partial charge is 0.122 e. The summed E-state index contributed by atoms with van der Waals surface area (Å²) in [5, 5.41) is 3.57. The summed E-state index contributed by atoms with van der Waals surface area (Å²) in [5.41, 5.74) is 1.75. The van der Waals surface area contributed by atoms with Crippen LogP contribution in [-0.4, -0.2) is 20.2 Å². The summed E-state index contributed by atoms with van der Waals surface area (Å²) in [4.78, 5) is 0. The van der Waals surface area contributed by atoms with Crippen LogP contribution in [0.3, 0.4) is 0 Å². The molecule has 0 aromatic heterocycles. The summed E-state index contributed by atoms with van der Waals surface area (Å²) in [7, 11) is 3.86. The van der Waals surface area contributed by atoms with Crippen molar-refractivity contribution in [3.05, 3.63) is 29.8 Å². The van der Waals surface area contributed by atoms with Crippen LogP contribution in [0, 0.1) is 11.3 Å². The molecule has 1 aliphatic carbocycles. The highest BCUT2D eigenvalue weighted by Crippen LogP contribution is 2.43. The van der Waals surface area contributed by atoms with Crippen molar-refractivity contribution in [3.8, 4) is 5.75 Å². The van der Waals surface area contributed by atoms with Gasteiger partial charge in [0.05, 0.1) is 7.11 Å². The minimum atomic E-state index is 0.438. The Hall–Kier alpha value is -1.02. The van der Waals surface area contributed by atoms with Crippen molar-refractivity contribution < 1.29 is 4.74 Å².